The van der Waals surface area contributed by atoms with E-state index in [1.54, 1.807) is 0 Å². The average molecular weight is 254 g/mol. The van der Waals surface area contributed by atoms with Crippen LogP contribution in [0.2, 0.25) is 0 Å². The van der Waals surface area contributed by atoms with Gasteiger partial charge in [-0.05, 0) is 32.2 Å². The summed E-state index contributed by atoms with van der Waals surface area (Å²) in [5, 5.41) is 3.48. The van der Waals surface area contributed by atoms with Crippen LogP contribution in [0.25, 0.3) is 0 Å². The standard InChI is InChI=1S/C15H30N2O/c1-4-8-13(9-5-2)15(18)17-11-7-10-14(12-17)16-6-3/h13-14,16H,4-12H2,1-3H3. The van der Waals surface area contributed by atoms with Crippen molar-refractivity contribution < 1.29 is 4.79 Å². The maximum atomic E-state index is 12.5. The third-order valence-electron chi connectivity index (χ3n) is 3.85. The number of carbonyl (C=O) groups is 1. The lowest BCUT2D eigenvalue weighted by Crippen LogP contribution is -2.49. The quantitative estimate of drug-likeness (QED) is 0.757. The van der Waals surface area contributed by atoms with Gasteiger partial charge in [0, 0.05) is 25.0 Å². The molecular formula is C15H30N2O. The van der Waals surface area contributed by atoms with Gasteiger partial charge in [-0.25, -0.2) is 0 Å². The molecule has 3 heteroatoms. The van der Waals surface area contributed by atoms with Crippen LogP contribution >= 0.6 is 0 Å². The Morgan fingerprint density at radius 2 is 1.94 bits per heavy atom. The molecule has 0 spiro atoms. The third-order valence-corrected chi connectivity index (χ3v) is 3.85. The molecule has 0 saturated carbocycles. The number of hydrogen-bond acceptors (Lipinski definition) is 2. The molecule has 1 heterocycles. The first kappa shape index (κ1) is 15.5. The van der Waals surface area contributed by atoms with Gasteiger partial charge in [-0.15, -0.1) is 0 Å². The molecule has 0 aromatic carbocycles. The minimum atomic E-state index is 0.264. The van der Waals surface area contributed by atoms with E-state index in [0.717, 1.165) is 51.7 Å². The van der Waals surface area contributed by atoms with Crippen molar-refractivity contribution in [1.29, 1.82) is 0 Å². The number of carbonyl (C=O) groups excluding carboxylic acids is 1. The van der Waals surface area contributed by atoms with E-state index in [2.05, 4.69) is 31.0 Å². The minimum absolute atomic E-state index is 0.264. The fourth-order valence-corrected chi connectivity index (χ4v) is 2.98. The molecule has 0 radical (unpaired) electrons. The van der Waals surface area contributed by atoms with Crippen LogP contribution in [0.3, 0.4) is 0 Å². The van der Waals surface area contributed by atoms with Crippen molar-refractivity contribution in [2.24, 2.45) is 5.92 Å². The van der Waals surface area contributed by atoms with E-state index in [1.807, 2.05) is 0 Å². The second-order valence-corrected chi connectivity index (χ2v) is 5.46. The van der Waals surface area contributed by atoms with Gasteiger partial charge in [0.25, 0.3) is 0 Å². The molecule has 1 rings (SSSR count). The molecule has 0 aromatic rings. The van der Waals surface area contributed by atoms with Crippen LogP contribution in [0, 0.1) is 5.92 Å². The first-order valence-corrected chi connectivity index (χ1v) is 7.75. The summed E-state index contributed by atoms with van der Waals surface area (Å²) in [6, 6.07) is 0.511. The molecule has 1 amide bonds. The van der Waals surface area contributed by atoms with Crippen LogP contribution in [0.15, 0.2) is 0 Å². The molecule has 1 atom stereocenters. The molecule has 1 aliphatic heterocycles. The van der Waals surface area contributed by atoms with Gasteiger partial charge in [0.15, 0.2) is 0 Å². The van der Waals surface area contributed by atoms with E-state index in [4.69, 9.17) is 0 Å². The van der Waals surface area contributed by atoms with Crippen LogP contribution < -0.4 is 5.32 Å². The largest absolute Gasteiger partial charge is 0.341 e. The summed E-state index contributed by atoms with van der Waals surface area (Å²) in [5.41, 5.74) is 0. The summed E-state index contributed by atoms with van der Waals surface area (Å²) in [6.45, 7) is 9.36. The molecule has 106 valence electrons. The minimum Gasteiger partial charge on any atom is -0.341 e. The van der Waals surface area contributed by atoms with Crippen molar-refractivity contribution in [3.05, 3.63) is 0 Å². The highest BCUT2D eigenvalue weighted by Gasteiger charge is 2.27. The van der Waals surface area contributed by atoms with Gasteiger partial charge in [0.05, 0.1) is 0 Å². The SMILES string of the molecule is CCCC(CCC)C(=O)N1CCCC(NCC)C1. The zero-order chi connectivity index (χ0) is 13.4. The lowest BCUT2D eigenvalue weighted by Gasteiger charge is -2.35. The summed E-state index contributed by atoms with van der Waals surface area (Å²) >= 11 is 0. The fraction of sp³-hybridized carbons (Fsp3) is 0.933. The Morgan fingerprint density at radius 1 is 1.28 bits per heavy atom. The molecule has 18 heavy (non-hydrogen) atoms. The maximum absolute atomic E-state index is 12.5. The maximum Gasteiger partial charge on any atom is 0.225 e. The second kappa shape index (κ2) is 8.52. The summed E-state index contributed by atoms with van der Waals surface area (Å²) in [5.74, 6) is 0.668. The van der Waals surface area contributed by atoms with Gasteiger partial charge in [0.1, 0.15) is 0 Å². The molecular weight excluding hydrogens is 224 g/mol. The smallest absolute Gasteiger partial charge is 0.225 e. The number of hydrogen-bond donors (Lipinski definition) is 1. The number of nitrogens with zero attached hydrogens (tertiary/aromatic N) is 1. The molecule has 1 unspecified atom stereocenters. The molecule has 1 aliphatic rings. The van der Waals surface area contributed by atoms with Crippen molar-refractivity contribution in [2.75, 3.05) is 19.6 Å². The number of piperidine rings is 1. The van der Waals surface area contributed by atoms with Gasteiger partial charge in [-0.2, -0.15) is 0 Å². The van der Waals surface area contributed by atoms with E-state index >= 15 is 0 Å². The molecule has 0 bridgehead atoms. The predicted octanol–water partition coefficient (Wildman–Crippen LogP) is 2.80. The molecule has 1 fully saturated rings. The van der Waals surface area contributed by atoms with Crippen molar-refractivity contribution >= 4 is 5.91 Å². The van der Waals surface area contributed by atoms with Crippen LogP contribution in [-0.4, -0.2) is 36.5 Å². The second-order valence-electron chi connectivity index (χ2n) is 5.46. The van der Waals surface area contributed by atoms with Crippen LogP contribution in [-0.2, 0) is 4.79 Å². The highest BCUT2D eigenvalue weighted by Crippen LogP contribution is 2.20. The number of nitrogens with one attached hydrogen (secondary N) is 1. The zero-order valence-electron chi connectivity index (χ0n) is 12.4. The van der Waals surface area contributed by atoms with Crippen molar-refractivity contribution in [1.82, 2.24) is 10.2 Å². The Labute approximate surface area is 112 Å². The Kier molecular flexibility index (Phi) is 7.33. The summed E-state index contributed by atoms with van der Waals surface area (Å²) in [4.78, 5) is 14.6. The van der Waals surface area contributed by atoms with Gasteiger partial charge >= 0.3 is 0 Å². The summed E-state index contributed by atoms with van der Waals surface area (Å²) < 4.78 is 0. The summed E-state index contributed by atoms with van der Waals surface area (Å²) in [6.07, 6.45) is 6.68. The fourth-order valence-electron chi connectivity index (χ4n) is 2.98. The number of rotatable bonds is 7. The Hall–Kier alpha value is -0.570. The Morgan fingerprint density at radius 3 is 2.50 bits per heavy atom. The molecule has 1 saturated heterocycles. The average Bonchev–Trinajstić information content (AvgIpc) is 2.38. The van der Waals surface area contributed by atoms with E-state index < -0.39 is 0 Å². The summed E-state index contributed by atoms with van der Waals surface area (Å²) in [7, 11) is 0. The lowest BCUT2D eigenvalue weighted by molar-refractivity contribution is -0.137. The third kappa shape index (κ3) is 4.60. The normalized spacial score (nSPS) is 20.4. The molecule has 1 N–H and O–H groups in total. The topological polar surface area (TPSA) is 32.3 Å². The van der Waals surface area contributed by atoms with Crippen molar-refractivity contribution in [2.45, 2.75) is 65.3 Å². The lowest BCUT2D eigenvalue weighted by atomic mass is 9.95. The van der Waals surface area contributed by atoms with Crippen molar-refractivity contribution in [3.8, 4) is 0 Å². The monoisotopic (exact) mass is 254 g/mol. The van der Waals surface area contributed by atoms with Gasteiger partial charge in [-0.3, -0.25) is 4.79 Å². The number of likely N-dealkylation sites (tertiary alicyclic amines) is 1. The van der Waals surface area contributed by atoms with Crippen LogP contribution in [0.5, 0.6) is 0 Å². The highest BCUT2D eigenvalue weighted by atomic mass is 16.2. The van der Waals surface area contributed by atoms with E-state index in [9.17, 15) is 4.79 Å². The number of likely N-dealkylation sites (N-methyl/N-ethyl adjacent to an activating group) is 1. The predicted molar refractivity (Wildman–Crippen MR) is 76.6 cm³/mol. The Balaban J connectivity index is 2.52. The van der Waals surface area contributed by atoms with Crippen LogP contribution in [0.1, 0.15) is 59.3 Å². The zero-order valence-corrected chi connectivity index (χ0v) is 12.4. The highest BCUT2D eigenvalue weighted by molar-refractivity contribution is 5.79. The van der Waals surface area contributed by atoms with Crippen molar-refractivity contribution in [3.63, 3.8) is 0 Å². The van der Waals surface area contributed by atoms with E-state index in [1.165, 1.54) is 6.42 Å². The molecule has 3 nitrogen and oxygen atoms in total. The van der Waals surface area contributed by atoms with Gasteiger partial charge < -0.3 is 10.2 Å². The molecule has 0 aliphatic carbocycles. The first-order chi connectivity index (χ1) is 8.72. The first-order valence-electron chi connectivity index (χ1n) is 7.75. The van der Waals surface area contributed by atoms with Gasteiger partial charge in [0.2, 0.25) is 5.91 Å². The van der Waals surface area contributed by atoms with Crippen LogP contribution in [0.4, 0.5) is 0 Å². The number of amides is 1. The van der Waals surface area contributed by atoms with E-state index in [0.29, 0.717) is 11.9 Å². The molecule has 0 aromatic heterocycles. The van der Waals surface area contributed by atoms with Gasteiger partial charge in [-0.1, -0.05) is 33.6 Å². The Bertz CT molecular complexity index is 235. The van der Waals surface area contributed by atoms with E-state index in [-0.39, 0.29) is 5.92 Å².